The fourth-order valence-corrected chi connectivity index (χ4v) is 6.68. The van der Waals surface area contributed by atoms with E-state index in [2.05, 4.69) is 9.98 Å². The highest BCUT2D eigenvalue weighted by Gasteiger charge is 2.58. The molecule has 30 heavy (non-hydrogen) atoms. The summed E-state index contributed by atoms with van der Waals surface area (Å²) in [6.45, 7) is 1.53. The number of sulfone groups is 1. The molecule has 0 bridgehead atoms. The average Bonchev–Trinajstić information content (AvgIpc) is 2.61. The van der Waals surface area contributed by atoms with E-state index in [1.807, 2.05) is 0 Å². The van der Waals surface area contributed by atoms with Crippen molar-refractivity contribution in [3.05, 3.63) is 64.2 Å². The van der Waals surface area contributed by atoms with Crippen LogP contribution in [0.4, 0.5) is 8.78 Å². The predicted octanol–water partition coefficient (Wildman–Crippen LogP) is 4.27. The molecule has 9 heteroatoms. The van der Waals surface area contributed by atoms with Gasteiger partial charge < -0.3 is 5.73 Å². The molecule has 158 valence electrons. The summed E-state index contributed by atoms with van der Waals surface area (Å²) in [5.41, 5.74) is 5.15. The second kappa shape index (κ2) is 7.13. The summed E-state index contributed by atoms with van der Waals surface area (Å²) in [6, 6.07) is 6.90. The molecule has 0 radical (unpaired) electrons. The molecule has 1 unspecified atom stereocenters. The summed E-state index contributed by atoms with van der Waals surface area (Å²) in [5.74, 6) is -1.59. The van der Waals surface area contributed by atoms with Gasteiger partial charge in [-0.25, -0.2) is 17.2 Å². The standard InChI is InChI=1S/C21H20ClF2N3O2S/c1-20(12-30(28,29)21(7-2-8-21)19(25)27-20)15-9-13(3-5-16(15)23)10-17(24)18-6-4-14(22)11-26-18/h3-6,9-11H,2,7-8,12H2,1H3,(H2,25,27). The van der Waals surface area contributed by atoms with E-state index < -0.39 is 31.8 Å². The molecule has 2 aromatic rings. The molecule has 1 saturated carbocycles. The number of pyridine rings is 1. The van der Waals surface area contributed by atoms with Gasteiger partial charge in [-0.1, -0.05) is 17.7 Å². The molecule has 1 atom stereocenters. The van der Waals surface area contributed by atoms with Crippen LogP contribution < -0.4 is 5.73 Å². The number of rotatable bonds is 3. The molecule has 4 rings (SSSR count). The lowest BCUT2D eigenvalue weighted by atomic mass is 9.82. The van der Waals surface area contributed by atoms with Crippen LogP contribution in [-0.2, 0) is 15.4 Å². The highest BCUT2D eigenvalue weighted by molar-refractivity contribution is 7.93. The molecular weight excluding hydrogens is 432 g/mol. The third-order valence-electron chi connectivity index (χ3n) is 5.90. The number of aliphatic imine (C=N–C) groups is 1. The van der Waals surface area contributed by atoms with Crippen molar-refractivity contribution >= 4 is 39.2 Å². The van der Waals surface area contributed by atoms with E-state index in [0.29, 0.717) is 23.4 Å². The van der Waals surface area contributed by atoms with E-state index in [-0.39, 0.29) is 22.8 Å². The summed E-state index contributed by atoms with van der Waals surface area (Å²) < 4.78 is 54.2. The SMILES string of the molecule is CC1(c2cc(C=C(F)c3ccc(Cl)cn3)ccc2F)CS(=O)(=O)C2(CCC2)C(N)=N1. The number of hydrogen-bond acceptors (Lipinski definition) is 5. The van der Waals surface area contributed by atoms with Crippen molar-refractivity contribution in [2.75, 3.05) is 5.75 Å². The lowest BCUT2D eigenvalue weighted by Gasteiger charge is -2.46. The summed E-state index contributed by atoms with van der Waals surface area (Å²) >= 11 is 5.77. The molecule has 1 spiro atoms. The molecule has 1 aromatic heterocycles. The summed E-state index contributed by atoms with van der Waals surface area (Å²) in [5, 5.41) is 0.377. The van der Waals surface area contributed by atoms with Gasteiger partial charge in [0.15, 0.2) is 9.84 Å². The zero-order chi connectivity index (χ0) is 21.7. The maximum absolute atomic E-state index is 14.7. The summed E-state index contributed by atoms with van der Waals surface area (Å²) in [4.78, 5) is 8.35. The molecule has 1 aliphatic heterocycles. The fourth-order valence-electron chi connectivity index (χ4n) is 4.05. The molecule has 1 aliphatic carbocycles. The number of aromatic nitrogens is 1. The van der Waals surface area contributed by atoms with Gasteiger partial charge in [0.25, 0.3) is 0 Å². The topological polar surface area (TPSA) is 85.4 Å². The van der Waals surface area contributed by atoms with Crippen molar-refractivity contribution in [1.29, 1.82) is 0 Å². The third-order valence-corrected chi connectivity index (χ3v) is 8.87. The molecular formula is C21H20ClF2N3O2S. The highest BCUT2D eigenvalue weighted by Crippen LogP contribution is 2.47. The van der Waals surface area contributed by atoms with E-state index >= 15 is 0 Å². The van der Waals surface area contributed by atoms with Gasteiger partial charge in [0.1, 0.15) is 27.8 Å². The van der Waals surface area contributed by atoms with E-state index in [1.165, 1.54) is 49.5 Å². The Balaban J connectivity index is 1.75. The lowest BCUT2D eigenvalue weighted by Crippen LogP contribution is -2.61. The molecule has 2 aliphatic rings. The Morgan fingerprint density at radius 2 is 2.00 bits per heavy atom. The van der Waals surface area contributed by atoms with Crippen molar-refractivity contribution in [3.63, 3.8) is 0 Å². The fraction of sp³-hybridized carbons (Fsp3) is 0.333. The zero-order valence-corrected chi connectivity index (χ0v) is 17.8. The number of nitrogens with two attached hydrogens (primary N) is 1. The molecule has 1 aromatic carbocycles. The van der Waals surface area contributed by atoms with Crippen molar-refractivity contribution in [3.8, 4) is 0 Å². The van der Waals surface area contributed by atoms with E-state index in [9.17, 15) is 17.2 Å². The first-order valence-corrected chi connectivity index (χ1v) is 11.5. The quantitative estimate of drug-likeness (QED) is 0.755. The van der Waals surface area contributed by atoms with Gasteiger partial charge >= 0.3 is 0 Å². The van der Waals surface area contributed by atoms with Crippen LogP contribution >= 0.6 is 11.6 Å². The maximum atomic E-state index is 14.7. The Bertz CT molecular complexity index is 1180. The number of nitrogens with zero attached hydrogens (tertiary/aromatic N) is 2. The Kier molecular flexibility index (Phi) is 4.97. The minimum absolute atomic E-state index is 0.0272. The number of benzene rings is 1. The Hall–Kier alpha value is -2.32. The van der Waals surface area contributed by atoms with Gasteiger partial charge in [-0.05, 0) is 62.1 Å². The first kappa shape index (κ1) is 20.9. The first-order valence-electron chi connectivity index (χ1n) is 9.44. The first-order chi connectivity index (χ1) is 14.1. The zero-order valence-electron chi connectivity index (χ0n) is 16.2. The number of hydrogen-bond donors (Lipinski definition) is 1. The van der Waals surface area contributed by atoms with Crippen LogP contribution in [0.25, 0.3) is 11.9 Å². The largest absolute Gasteiger partial charge is 0.386 e. The summed E-state index contributed by atoms with van der Waals surface area (Å²) in [7, 11) is -3.63. The molecule has 1 fully saturated rings. The summed E-state index contributed by atoms with van der Waals surface area (Å²) in [6.07, 6.45) is 4.15. The predicted molar refractivity (Wildman–Crippen MR) is 114 cm³/mol. The molecule has 5 nitrogen and oxygen atoms in total. The number of amidine groups is 1. The van der Waals surface area contributed by atoms with Gasteiger partial charge in [0, 0.05) is 11.8 Å². The van der Waals surface area contributed by atoms with E-state index in [4.69, 9.17) is 17.3 Å². The van der Waals surface area contributed by atoms with Gasteiger partial charge in [-0.3, -0.25) is 9.98 Å². The molecule has 0 amide bonds. The van der Waals surface area contributed by atoms with Crippen LogP contribution in [0.2, 0.25) is 5.02 Å². The van der Waals surface area contributed by atoms with Crippen LogP contribution in [-0.4, -0.2) is 29.7 Å². The lowest BCUT2D eigenvalue weighted by molar-refractivity contribution is 0.388. The van der Waals surface area contributed by atoms with Crippen molar-refractivity contribution < 1.29 is 17.2 Å². The maximum Gasteiger partial charge on any atom is 0.165 e. The van der Waals surface area contributed by atoms with Crippen LogP contribution in [0.3, 0.4) is 0 Å². The van der Waals surface area contributed by atoms with E-state index in [0.717, 1.165) is 6.42 Å². The van der Waals surface area contributed by atoms with Crippen molar-refractivity contribution in [2.24, 2.45) is 10.7 Å². The normalized spacial score (nSPS) is 24.9. The number of halogens is 3. The smallest absolute Gasteiger partial charge is 0.165 e. The monoisotopic (exact) mass is 451 g/mol. The van der Waals surface area contributed by atoms with Gasteiger partial charge in [-0.2, -0.15) is 0 Å². The van der Waals surface area contributed by atoms with Gasteiger partial charge in [0.2, 0.25) is 0 Å². The van der Waals surface area contributed by atoms with Crippen LogP contribution in [0.15, 0.2) is 41.5 Å². The average molecular weight is 452 g/mol. The molecule has 0 saturated heterocycles. The van der Waals surface area contributed by atoms with Crippen molar-refractivity contribution in [1.82, 2.24) is 4.98 Å². The Morgan fingerprint density at radius 3 is 2.57 bits per heavy atom. The van der Waals surface area contributed by atoms with Crippen LogP contribution in [0.1, 0.15) is 43.0 Å². The molecule has 2 heterocycles. The van der Waals surface area contributed by atoms with E-state index in [1.54, 1.807) is 0 Å². The minimum atomic E-state index is -3.63. The third kappa shape index (κ3) is 3.32. The molecule has 2 N–H and O–H groups in total. The van der Waals surface area contributed by atoms with Crippen molar-refractivity contribution in [2.45, 2.75) is 36.5 Å². The highest BCUT2D eigenvalue weighted by atomic mass is 35.5. The minimum Gasteiger partial charge on any atom is -0.386 e. The van der Waals surface area contributed by atoms with Gasteiger partial charge in [-0.15, -0.1) is 0 Å². The van der Waals surface area contributed by atoms with Crippen LogP contribution in [0, 0.1) is 5.82 Å². The van der Waals surface area contributed by atoms with Crippen LogP contribution in [0.5, 0.6) is 0 Å². The Labute approximate surface area is 178 Å². The Morgan fingerprint density at radius 1 is 1.27 bits per heavy atom. The second-order valence-corrected chi connectivity index (χ2v) is 10.7. The van der Waals surface area contributed by atoms with Gasteiger partial charge in [0.05, 0.1) is 16.5 Å². The second-order valence-electron chi connectivity index (χ2n) is 7.97.